The van der Waals surface area contributed by atoms with Gasteiger partial charge in [-0.15, -0.1) is 0 Å². The molecule has 1 rings (SSSR count). The van der Waals surface area contributed by atoms with Gasteiger partial charge >= 0.3 is 0 Å². The topological polar surface area (TPSA) is 77.5 Å². The Labute approximate surface area is 75.8 Å². The maximum absolute atomic E-state index is 10.9. The van der Waals surface area contributed by atoms with E-state index in [1.165, 1.54) is 0 Å². The van der Waals surface area contributed by atoms with Crippen molar-refractivity contribution in [3.63, 3.8) is 0 Å². The first kappa shape index (κ1) is 9.76. The second-order valence-corrected chi connectivity index (χ2v) is 2.54. The van der Waals surface area contributed by atoms with Crippen molar-refractivity contribution in [2.45, 2.75) is 19.6 Å². The van der Waals surface area contributed by atoms with Crippen LogP contribution in [-0.4, -0.2) is 12.0 Å². The van der Waals surface area contributed by atoms with Crippen molar-refractivity contribution in [2.24, 2.45) is 5.84 Å². The standard InChI is InChI=1S/C8H12N2O3/c1-6(8(11)10-9)13-5-7-3-2-4-12-7/h2-4,6H,5,9H2,1H3,(H,10,11). The van der Waals surface area contributed by atoms with Crippen molar-refractivity contribution < 1.29 is 13.9 Å². The fraction of sp³-hybridized carbons (Fsp3) is 0.375. The van der Waals surface area contributed by atoms with Gasteiger partial charge in [0.05, 0.1) is 6.26 Å². The molecular formula is C8H12N2O3. The molecule has 0 saturated carbocycles. The van der Waals surface area contributed by atoms with E-state index in [9.17, 15) is 4.79 Å². The fourth-order valence-corrected chi connectivity index (χ4v) is 0.795. The predicted octanol–water partition coefficient (Wildman–Crippen LogP) is 0.175. The normalized spacial score (nSPS) is 12.5. The maximum Gasteiger partial charge on any atom is 0.262 e. The summed E-state index contributed by atoms with van der Waals surface area (Å²) in [5.41, 5.74) is 2.00. The summed E-state index contributed by atoms with van der Waals surface area (Å²) in [5.74, 6) is 5.24. The van der Waals surface area contributed by atoms with Crippen LogP contribution >= 0.6 is 0 Å². The number of hydrogen-bond donors (Lipinski definition) is 2. The molecule has 0 saturated heterocycles. The van der Waals surface area contributed by atoms with Crippen LogP contribution in [0.2, 0.25) is 0 Å². The molecule has 1 unspecified atom stereocenters. The molecule has 0 radical (unpaired) electrons. The molecule has 0 aliphatic rings. The molecule has 0 spiro atoms. The van der Waals surface area contributed by atoms with Crippen LogP contribution in [0.1, 0.15) is 12.7 Å². The lowest BCUT2D eigenvalue weighted by molar-refractivity contribution is -0.132. The van der Waals surface area contributed by atoms with E-state index in [0.29, 0.717) is 5.76 Å². The zero-order valence-electron chi connectivity index (χ0n) is 7.32. The molecule has 0 aliphatic carbocycles. The molecule has 72 valence electrons. The molecule has 3 N–H and O–H groups in total. The highest BCUT2D eigenvalue weighted by Crippen LogP contribution is 2.03. The Morgan fingerprint density at radius 2 is 2.62 bits per heavy atom. The minimum absolute atomic E-state index is 0.265. The summed E-state index contributed by atoms with van der Waals surface area (Å²) >= 11 is 0. The Balaban J connectivity index is 2.30. The molecule has 0 fully saturated rings. The van der Waals surface area contributed by atoms with Crippen molar-refractivity contribution in [3.8, 4) is 0 Å². The molecule has 5 nitrogen and oxygen atoms in total. The first-order valence-electron chi connectivity index (χ1n) is 3.88. The van der Waals surface area contributed by atoms with Gasteiger partial charge in [0.25, 0.3) is 5.91 Å². The highest BCUT2D eigenvalue weighted by molar-refractivity contribution is 5.79. The molecule has 1 aromatic heterocycles. The number of amides is 1. The summed E-state index contributed by atoms with van der Waals surface area (Å²) in [6.45, 7) is 1.88. The minimum Gasteiger partial charge on any atom is -0.467 e. The second kappa shape index (κ2) is 4.64. The van der Waals surface area contributed by atoms with Gasteiger partial charge in [-0.2, -0.15) is 0 Å². The highest BCUT2D eigenvalue weighted by atomic mass is 16.5. The summed E-state index contributed by atoms with van der Waals surface area (Å²) in [6, 6.07) is 3.53. The van der Waals surface area contributed by atoms with Crippen LogP contribution in [0.4, 0.5) is 0 Å². The maximum atomic E-state index is 10.9. The minimum atomic E-state index is -0.574. The van der Waals surface area contributed by atoms with Crippen LogP contribution < -0.4 is 11.3 Å². The average molecular weight is 184 g/mol. The van der Waals surface area contributed by atoms with Crippen LogP contribution in [0.5, 0.6) is 0 Å². The Kier molecular flexibility index (Phi) is 3.48. The molecule has 0 aliphatic heterocycles. The van der Waals surface area contributed by atoms with Crippen LogP contribution in [0.3, 0.4) is 0 Å². The summed E-state index contributed by atoms with van der Waals surface area (Å²) in [5, 5.41) is 0. The number of nitrogens with two attached hydrogens (primary N) is 1. The van der Waals surface area contributed by atoms with Crippen molar-refractivity contribution >= 4 is 5.91 Å². The van der Waals surface area contributed by atoms with Gasteiger partial charge in [-0.3, -0.25) is 10.2 Å². The molecule has 1 aromatic rings. The number of ether oxygens (including phenoxy) is 1. The SMILES string of the molecule is CC(OCc1ccco1)C(=O)NN. The van der Waals surface area contributed by atoms with Gasteiger partial charge in [-0.25, -0.2) is 5.84 Å². The van der Waals surface area contributed by atoms with Gasteiger partial charge in [0, 0.05) is 0 Å². The van der Waals surface area contributed by atoms with Crippen LogP contribution in [-0.2, 0) is 16.1 Å². The molecule has 0 aromatic carbocycles. The van der Waals surface area contributed by atoms with Gasteiger partial charge in [0.1, 0.15) is 18.5 Å². The Morgan fingerprint density at radius 1 is 1.85 bits per heavy atom. The van der Waals surface area contributed by atoms with E-state index in [2.05, 4.69) is 0 Å². The number of carbonyl (C=O) groups excluding carboxylic acids is 1. The van der Waals surface area contributed by atoms with E-state index in [1.807, 2.05) is 5.43 Å². The average Bonchev–Trinajstić information content (AvgIpc) is 2.65. The lowest BCUT2D eigenvalue weighted by atomic mass is 10.4. The molecular weight excluding hydrogens is 172 g/mol. The summed E-state index contributed by atoms with van der Waals surface area (Å²) in [7, 11) is 0. The summed E-state index contributed by atoms with van der Waals surface area (Å²) < 4.78 is 10.2. The quantitative estimate of drug-likeness (QED) is 0.397. The largest absolute Gasteiger partial charge is 0.467 e. The van der Waals surface area contributed by atoms with Crippen molar-refractivity contribution in [1.29, 1.82) is 0 Å². The Hall–Kier alpha value is -1.33. The Morgan fingerprint density at radius 3 is 3.15 bits per heavy atom. The zero-order valence-corrected chi connectivity index (χ0v) is 7.32. The smallest absolute Gasteiger partial charge is 0.262 e. The summed E-state index contributed by atoms with van der Waals surface area (Å²) in [6.07, 6.45) is 0.974. The number of nitrogens with one attached hydrogen (secondary N) is 1. The third kappa shape index (κ3) is 2.89. The zero-order chi connectivity index (χ0) is 9.68. The lowest BCUT2D eigenvalue weighted by Crippen LogP contribution is -2.38. The van der Waals surface area contributed by atoms with E-state index < -0.39 is 6.10 Å². The third-order valence-corrected chi connectivity index (χ3v) is 1.57. The number of hydrogen-bond acceptors (Lipinski definition) is 4. The van der Waals surface area contributed by atoms with Gasteiger partial charge in [-0.05, 0) is 19.1 Å². The predicted molar refractivity (Wildman–Crippen MR) is 45.3 cm³/mol. The Bertz CT molecular complexity index is 258. The molecule has 13 heavy (non-hydrogen) atoms. The number of carbonyl (C=O) groups is 1. The fourth-order valence-electron chi connectivity index (χ4n) is 0.795. The molecule has 1 amide bonds. The van der Waals surface area contributed by atoms with E-state index in [4.69, 9.17) is 15.0 Å². The first-order chi connectivity index (χ1) is 6.24. The first-order valence-corrected chi connectivity index (χ1v) is 3.88. The molecule has 0 bridgehead atoms. The second-order valence-electron chi connectivity index (χ2n) is 2.54. The van der Waals surface area contributed by atoms with Gasteiger partial charge < -0.3 is 9.15 Å². The highest BCUT2D eigenvalue weighted by Gasteiger charge is 2.11. The number of rotatable bonds is 4. The monoisotopic (exact) mass is 184 g/mol. The van der Waals surface area contributed by atoms with E-state index in [-0.39, 0.29) is 12.5 Å². The van der Waals surface area contributed by atoms with Crippen molar-refractivity contribution in [2.75, 3.05) is 0 Å². The molecule has 5 heteroatoms. The van der Waals surface area contributed by atoms with Crippen molar-refractivity contribution in [3.05, 3.63) is 24.2 Å². The lowest BCUT2D eigenvalue weighted by Gasteiger charge is -2.09. The van der Waals surface area contributed by atoms with Gasteiger partial charge in [-0.1, -0.05) is 0 Å². The number of hydrazine groups is 1. The van der Waals surface area contributed by atoms with E-state index in [0.717, 1.165) is 0 Å². The van der Waals surface area contributed by atoms with Crippen LogP contribution in [0.15, 0.2) is 22.8 Å². The van der Waals surface area contributed by atoms with Gasteiger partial charge in [0.15, 0.2) is 0 Å². The van der Waals surface area contributed by atoms with Crippen LogP contribution in [0.25, 0.3) is 0 Å². The molecule has 1 atom stereocenters. The number of furan rings is 1. The van der Waals surface area contributed by atoms with Crippen molar-refractivity contribution in [1.82, 2.24) is 5.43 Å². The van der Waals surface area contributed by atoms with Crippen LogP contribution in [0, 0.1) is 0 Å². The van der Waals surface area contributed by atoms with E-state index >= 15 is 0 Å². The molecule has 1 heterocycles. The van der Waals surface area contributed by atoms with Gasteiger partial charge in [0.2, 0.25) is 0 Å². The summed E-state index contributed by atoms with van der Waals surface area (Å²) in [4.78, 5) is 10.9. The van der Waals surface area contributed by atoms with E-state index in [1.54, 1.807) is 25.3 Å². The third-order valence-electron chi connectivity index (χ3n) is 1.57.